The summed E-state index contributed by atoms with van der Waals surface area (Å²) >= 11 is 0. The fraction of sp³-hybridized carbons (Fsp3) is 0. The van der Waals surface area contributed by atoms with E-state index in [1.165, 1.54) is 16.3 Å². The van der Waals surface area contributed by atoms with E-state index in [1.807, 2.05) is 18.2 Å². The molecule has 5 nitrogen and oxygen atoms in total. The first-order valence-corrected chi connectivity index (χ1v) is 19.3. The molecule has 0 fully saturated rings. The minimum atomic E-state index is 0.636. The molecule has 0 unspecified atom stereocenters. The van der Waals surface area contributed by atoms with Crippen LogP contribution in [0.15, 0.2) is 199 Å². The zero-order valence-electron chi connectivity index (χ0n) is 30.7. The lowest BCUT2D eigenvalue weighted by Gasteiger charge is -2.14. The number of fused-ring (bicyclic) bond motifs is 10. The van der Waals surface area contributed by atoms with Gasteiger partial charge in [-0.25, -0.2) is 9.97 Å². The summed E-state index contributed by atoms with van der Waals surface area (Å²) in [5.41, 5.74) is 12.1. The van der Waals surface area contributed by atoms with E-state index in [9.17, 15) is 0 Å². The van der Waals surface area contributed by atoms with Crippen LogP contribution in [0.2, 0.25) is 0 Å². The number of nitrogens with zero attached hydrogens (tertiary/aromatic N) is 4. The molecule has 12 aromatic rings. The van der Waals surface area contributed by atoms with Crippen molar-refractivity contribution in [1.82, 2.24) is 19.1 Å². The SMILES string of the molecule is c1ccc(-c2ccc(-c3nc(-c4cccc5c4oc4ccccc45)cc(-n4c5ccccc5c5ccc6c7ccccc7n(-c7ccccc7)c6c54)n3)cc2)cc1. The molecule has 0 N–H and O–H groups in total. The van der Waals surface area contributed by atoms with Crippen molar-refractivity contribution in [2.45, 2.75) is 0 Å². The van der Waals surface area contributed by atoms with Gasteiger partial charge in [0.2, 0.25) is 0 Å². The number of aromatic nitrogens is 4. The number of para-hydroxylation sites is 5. The standard InChI is InChI=1S/C52H32N4O/c1-3-14-33(15-4-1)34-26-28-35(29-27-34)52-53-44(43-22-13-21-42-39-20-9-12-25-47(39)57-51(42)43)32-48(54-52)56-46-24-11-8-19-38(46)41-31-30-40-37-18-7-10-23-45(37)55(49(40)50(41)56)36-16-5-2-6-17-36/h1-32H. The maximum Gasteiger partial charge on any atom is 0.162 e. The lowest BCUT2D eigenvalue weighted by atomic mass is 10.0. The average molecular weight is 729 g/mol. The Hall–Kier alpha value is -7.76. The lowest BCUT2D eigenvalue weighted by Crippen LogP contribution is -2.04. The molecule has 0 saturated heterocycles. The molecule has 4 aromatic heterocycles. The van der Waals surface area contributed by atoms with Crippen LogP contribution in [0.25, 0.3) is 111 Å². The van der Waals surface area contributed by atoms with Gasteiger partial charge in [-0.05, 0) is 47.5 Å². The Morgan fingerprint density at radius 2 is 0.947 bits per heavy atom. The molecule has 57 heavy (non-hydrogen) atoms. The van der Waals surface area contributed by atoms with Crippen LogP contribution in [-0.2, 0) is 0 Å². The van der Waals surface area contributed by atoms with Gasteiger partial charge in [-0.2, -0.15) is 0 Å². The largest absolute Gasteiger partial charge is 0.455 e. The molecule has 0 aliphatic heterocycles. The number of hydrogen-bond donors (Lipinski definition) is 0. The smallest absolute Gasteiger partial charge is 0.162 e. The molecule has 0 bridgehead atoms. The van der Waals surface area contributed by atoms with E-state index in [0.717, 1.165) is 88.7 Å². The van der Waals surface area contributed by atoms with Crippen molar-refractivity contribution in [2.75, 3.05) is 0 Å². The highest BCUT2D eigenvalue weighted by molar-refractivity contribution is 6.23. The van der Waals surface area contributed by atoms with E-state index < -0.39 is 0 Å². The van der Waals surface area contributed by atoms with Crippen LogP contribution in [0.3, 0.4) is 0 Å². The van der Waals surface area contributed by atoms with Crippen LogP contribution in [0.1, 0.15) is 0 Å². The van der Waals surface area contributed by atoms with E-state index in [0.29, 0.717) is 5.82 Å². The normalized spacial score (nSPS) is 11.9. The Kier molecular flexibility index (Phi) is 6.86. The Bertz CT molecular complexity index is 3500. The Balaban J connectivity index is 1.20. The summed E-state index contributed by atoms with van der Waals surface area (Å²) < 4.78 is 11.4. The van der Waals surface area contributed by atoms with E-state index in [1.54, 1.807) is 0 Å². The van der Waals surface area contributed by atoms with Crippen LogP contribution in [-0.4, -0.2) is 19.1 Å². The van der Waals surface area contributed by atoms with E-state index in [4.69, 9.17) is 14.4 Å². The summed E-state index contributed by atoms with van der Waals surface area (Å²) in [7, 11) is 0. The first-order valence-electron chi connectivity index (χ1n) is 19.3. The number of hydrogen-bond acceptors (Lipinski definition) is 3. The third-order valence-electron chi connectivity index (χ3n) is 11.4. The molecule has 5 heteroatoms. The Labute approximate surface area is 327 Å². The summed E-state index contributed by atoms with van der Waals surface area (Å²) in [5, 5.41) is 6.85. The third kappa shape index (κ3) is 4.82. The van der Waals surface area contributed by atoms with Crippen LogP contribution in [0, 0.1) is 0 Å². The summed E-state index contributed by atoms with van der Waals surface area (Å²) in [4.78, 5) is 10.8. The molecular weight excluding hydrogens is 697 g/mol. The van der Waals surface area contributed by atoms with Gasteiger partial charge in [0.05, 0.1) is 27.8 Å². The maximum atomic E-state index is 6.60. The van der Waals surface area contributed by atoms with Crippen molar-refractivity contribution in [3.8, 4) is 45.3 Å². The second kappa shape index (κ2) is 12.4. The van der Waals surface area contributed by atoms with Crippen molar-refractivity contribution < 1.29 is 4.42 Å². The molecule has 0 saturated carbocycles. The Morgan fingerprint density at radius 1 is 0.386 bits per heavy atom. The van der Waals surface area contributed by atoms with E-state index in [2.05, 4.69) is 185 Å². The predicted molar refractivity (Wildman–Crippen MR) is 234 cm³/mol. The van der Waals surface area contributed by atoms with Gasteiger partial charge in [0.25, 0.3) is 0 Å². The summed E-state index contributed by atoms with van der Waals surface area (Å²) in [6, 6.07) is 68.3. The molecule has 0 aliphatic carbocycles. The molecule has 266 valence electrons. The number of benzene rings is 8. The third-order valence-corrected chi connectivity index (χ3v) is 11.4. The Morgan fingerprint density at radius 3 is 1.68 bits per heavy atom. The minimum absolute atomic E-state index is 0.636. The maximum absolute atomic E-state index is 6.60. The molecule has 4 heterocycles. The highest BCUT2D eigenvalue weighted by Gasteiger charge is 2.23. The van der Waals surface area contributed by atoms with Crippen molar-refractivity contribution in [1.29, 1.82) is 0 Å². The van der Waals surface area contributed by atoms with Crippen LogP contribution in [0.5, 0.6) is 0 Å². The van der Waals surface area contributed by atoms with Crippen LogP contribution < -0.4 is 0 Å². The molecule has 0 spiro atoms. The minimum Gasteiger partial charge on any atom is -0.455 e. The molecule has 0 amide bonds. The average Bonchev–Trinajstić information content (AvgIpc) is 3.95. The molecule has 12 rings (SSSR count). The monoisotopic (exact) mass is 728 g/mol. The fourth-order valence-electron chi connectivity index (χ4n) is 8.79. The van der Waals surface area contributed by atoms with Crippen molar-refractivity contribution in [3.63, 3.8) is 0 Å². The lowest BCUT2D eigenvalue weighted by molar-refractivity contribution is 0.670. The molecule has 8 aromatic carbocycles. The van der Waals surface area contributed by atoms with E-state index >= 15 is 0 Å². The van der Waals surface area contributed by atoms with Gasteiger partial charge in [0.1, 0.15) is 17.0 Å². The van der Waals surface area contributed by atoms with Gasteiger partial charge in [0.15, 0.2) is 5.82 Å². The fourth-order valence-corrected chi connectivity index (χ4v) is 8.79. The topological polar surface area (TPSA) is 48.8 Å². The second-order valence-electron chi connectivity index (χ2n) is 14.6. The highest BCUT2D eigenvalue weighted by Crippen LogP contribution is 2.43. The van der Waals surface area contributed by atoms with Crippen LogP contribution in [0.4, 0.5) is 0 Å². The first-order chi connectivity index (χ1) is 28.3. The van der Waals surface area contributed by atoms with Gasteiger partial charge >= 0.3 is 0 Å². The molecular formula is C52H32N4O. The van der Waals surface area contributed by atoms with Crippen molar-refractivity contribution in [3.05, 3.63) is 194 Å². The van der Waals surface area contributed by atoms with Crippen molar-refractivity contribution >= 4 is 65.6 Å². The second-order valence-corrected chi connectivity index (χ2v) is 14.6. The predicted octanol–water partition coefficient (Wildman–Crippen LogP) is 13.6. The van der Waals surface area contributed by atoms with Gasteiger partial charge in [-0.1, -0.05) is 152 Å². The highest BCUT2D eigenvalue weighted by atomic mass is 16.3. The number of rotatable bonds is 5. The zero-order chi connectivity index (χ0) is 37.5. The summed E-state index contributed by atoms with van der Waals surface area (Å²) in [6.07, 6.45) is 0. The van der Waals surface area contributed by atoms with Crippen LogP contribution >= 0.6 is 0 Å². The zero-order valence-corrected chi connectivity index (χ0v) is 30.7. The van der Waals surface area contributed by atoms with Gasteiger partial charge in [0, 0.05) is 55.2 Å². The molecule has 0 radical (unpaired) electrons. The molecule has 0 atom stereocenters. The quantitative estimate of drug-likeness (QED) is 0.177. The van der Waals surface area contributed by atoms with E-state index in [-0.39, 0.29) is 0 Å². The summed E-state index contributed by atoms with van der Waals surface area (Å²) in [6.45, 7) is 0. The first kappa shape index (κ1) is 31.6. The number of furan rings is 1. The van der Waals surface area contributed by atoms with Gasteiger partial charge < -0.3 is 8.98 Å². The molecule has 0 aliphatic rings. The summed E-state index contributed by atoms with van der Waals surface area (Å²) in [5.74, 6) is 1.41. The van der Waals surface area contributed by atoms with Gasteiger partial charge in [-0.15, -0.1) is 0 Å². The van der Waals surface area contributed by atoms with Crippen molar-refractivity contribution in [2.24, 2.45) is 0 Å². The van der Waals surface area contributed by atoms with Gasteiger partial charge in [-0.3, -0.25) is 4.57 Å².